The van der Waals surface area contributed by atoms with Crippen molar-refractivity contribution in [3.63, 3.8) is 0 Å². The molecule has 1 aromatic rings. The number of nitro benzene ring substituents is 1. The molecule has 1 aliphatic rings. The van der Waals surface area contributed by atoms with Gasteiger partial charge in [0, 0.05) is 18.2 Å². The van der Waals surface area contributed by atoms with Crippen LogP contribution < -0.4 is 11.1 Å². The van der Waals surface area contributed by atoms with Gasteiger partial charge in [0.2, 0.25) is 5.91 Å². The number of benzene rings is 1. The van der Waals surface area contributed by atoms with E-state index in [1.165, 1.54) is 6.07 Å². The number of nitrogens with zero attached hydrogens (tertiary/aromatic N) is 1. The van der Waals surface area contributed by atoms with Crippen LogP contribution in [0, 0.1) is 10.1 Å². The molecule has 0 aromatic heterocycles. The highest BCUT2D eigenvalue weighted by Gasteiger charge is 2.39. The molecule has 1 aromatic carbocycles. The Morgan fingerprint density at radius 3 is 2.58 bits per heavy atom. The van der Waals surface area contributed by atoms with Crippen LogP contribution in [0.1, 0.15) is 24.8 Å². The minimum atomic E-state index is -0.774. The minimum absolute atomic E-state index is 0. The molecule has 7 heteroatoms. The van der Waals surface area contributed by atoms with E-state index in [4.69, 9.17) is 5.73 Å². The lowest BCUT2D eigenvalue weighted by Gasteiger charge is -2.36. The Balaban J connectivity index is 0.00000180. The average Bonchev–Trinajstić information content (AvgIpc) is 2.33. The number of amides is 1. The molecular formula is C12H16ClN3O3. The van der Waals surface area contributed by atoms with Crippen LogP contribution in [-0.4, -0.2) is 16.4 Å². The van der Waals surface area contributed by atoms with E-state index >= 15 is 0 Å². The number of nitro groups is 1. The molecule has 0 unspecified atom stereocenters. The number of nitrogens with two attached hydrogens (primary N) is 1. The quantitative estimate of drug-likeness (QED) is 0.647. The highest BCUT2D eigenvalue weighted by molar-refractivity contribution is 5.87. The maximum Gasteiger partial charge on any atom is 0.274 e. The predicted molar refractivity (Wildman–Crippen MR) is 73.0 cm³/mol. The van der Waals surface area contributed by atoms with Crippen LogP contribution >= 0.6 is 12.4 Å². The van der Waals surface area contributed by atoms with E-state index < -0.39 is 10.5 Å². The molecule has 0 saturated heterocycles. The Bertz CT molecular complexity index is 489. The van der Waals surface area contributed by atoms with E-state index in [1.807, 2.05) is 0 Å². The molecule has 1 amide bonds. The van der Waals surface area contributed by atoms with Crippen molar-refractivity contribution in [3.8, 4) is 0 Å². The molecule has 104 valence electrons. The fourth-order valence-electron chi connectivity index (χ4n) is 1.97. The molecule has 1 saturated carbocycles. The summed E-state index contributed by atoms with van der Waals surface area (Å²) in [5.41, 5.74) is 5.58. The van der Waals surface area contributed by atoms with Crippen molar-refractivity contribution in [1.82, 2.24) is 5.32 Å². The van der Waals surface area contributed by atoms with Crippen LogP contribution in [-0.2, 0) is 11.3 Å². The summed E-state index contributed by atoms with van der Waals surface area (Å²) in [5, 5.41) is 13.5. The van der Waals surface area contributed by atoms with Crippen LogP contribution in [0.25, 0.3) is 0 Å². The SMILES string of the molecule is Cl.NC1(C(=O)NCc2ccccc2[N+](=O)[O-])CCC1. The predicted octanol–water partition coefficient (Wildman–Crippen LogP) is 1.51. The van der Waals surface area contributed by atoms with Gasteiger partial charge < -0.3 is 11.1 Å². The molecule has 0 radical (unpaired) electrons. The first-order chi connectivity index (χ1) is 8.53. The summed E-state index contributed by atoms with van der Waals surface area (Å²) in [6.07, 6.45) is 2.31. The summed E-state index contributed by atoms with van der Waals surface area (Å²) in [4.78, 5) is 22.1. The summed E-state index contributed by atoms with van der Waals surface area (Å²) in [7, 11) is 0. The van der Waals surface area contributed by atoms with Gasteiger partial charge in [0.25, 0.3) is 5.69 Å². The number of hydrogen-bond acceptors (Lipinski definition) is 4. The topological polar surface area (TPSA) is 98.3 Å². The Morgan fingerprint density at radius 2 is 2.05 bits per heavy atom. The fraction of sp³-hybridized carbons (Fsp3) is 0.417. The smallest absolute Gasteiger partial charge is 0.274 e. The van der Waals surface area contributed by atoms with Gasteiger partial charge in [-0.25, -0.2) is 0 Å². The number of para-hydroxylation sites is 1. The maximum atomic E-state index is 11.8. The zero-order valence-electron chi connectivity index (χ0n) is 10.3. The third kappa shape index (κ3) is 3.21. The number of rotatable bonds is 4. The third-order valence-electron chi connectivity index (χ3n) is 3.33. The van der Waals surface area contributed by atoms with Crippen molar-refractivity contribution in [1.29, 1.82) is 0 Å². The molecule has 1 fully saturated rings. The molecule has 6 nitrogen and oxygen atoms in total. The van der Waals surface area contributed by atoms with Crippen molar-refractivity contribution < 1.29 is 9.72 Å². The number of carbonyl (C=O) groups excluding carboxylic acids is 1. The lowest BCUT2D eigenvalue weighted by Crippen LogP contribution is -2.58. The molecular weight excluding hydrogens is 270 g/mol. The van der Waals surface area contributed by atoms with Gasteiger partial charge in [-0.05, 0) is 19.3 Å². The Hall–Kier alpha value is -1.66. The Morgan fingerprint density at radius 1 is 1.42 bits per heavy atom. The van der Waals surface area contributed by atoms with Crippen LogP contribution in [0.2, 0.25) is 0 Å². The van der Waals surface area contributed by atoms with E-state index in [1.54, 1.807) is 18.2 Å². The van der Waals surface area contributed by atoms with E-state index in [-0.39, 0.29) is 30.5 Å². The van der Waals surface area contributed by atoms with Gasteiger partial charge in [0.15, 0.2) is 0 Å². The lowest BCUT2D eigenvalue weighted by molar-refractivity contribution is -0.385. The Kier molecular flexibility index (Phi) is 4.85. The molecule has 3 N–H and O–H groups in total. The van der Waals surface area contributed by atoms with Crippen molar-refractivity contribution in [2.24, 2.45) is 5.73 Å². The van der Waals surface area contributed by atoms with Gasteiger partial charge in [-0.3, -0.25) is 14.9 Å². The van der Waals surface area contributed by atoms with Crippen LogP contribution in [0.4, 0.5) is 5.69 Å². The third-order valence-corrected chi connectivity index (χ3v) is 3.33. The molecule has 1 aliphatic carbocycles. The van der Waals surface area contributed by atoms with Gasteiger partial charge in [-0.15, -0.1) is 12.4 Å². The van der Waals surface area contributed by atoms with Gasteiger partial charge >= 0.3 is 0 Å². The summed E-state index contributed by atoms with van der Waals surface area (Å²) in [5.74, 6) is -0.230. The first-order valence-electron chi connectivity index (χ1n) is 5.82. The highest BCUT2D eigenvalue weighted by Crippen LogP contribution is 2.29. The minimum Gasteiger partial charge on any atom is -0.350 e. The zero-order valence-corrected chi connectivity index (χ0v) is 11.1. The molecule has 19 heavy (non-hydrogen) atoms. The van der Waals surface area contributed by atoms with Crippen molar-refractivity contribution >= 4 is 24.0 Å². The standard InChI is InChI=1S/C12H15N3O3.ClH/c13-12(6-3-7-12)11(16)14-8-9-4-1-2-5-10(9)15(17)18;/h1-2,4-5H,3,6-8,13H2,(H,14,16);1H. The average molecular weight is 286 g/mol. The molecule has 0 aliphatic heterocycles. The zero-order chi connectivity index (χ0) is 13.2. The van der Waals surface area contributed by atoms with Crippen molar-refractivity contribution in [2.75, 3.05) is 0 Å². The largest absolute Gasteiger partial charge is 0.350 e. The second kappa shape index (κ2) is 5.99. The molecule has 0 bridgehead atoms. The van der Waals surface area contributed by atoms with Crippen LogP contribution in [0.3, 0.4) is 0 Å². The first kappa shape index (κ1) is 15.4. The lowest BCUT2D eigenvalue weighted by atomic mass is 9.77. The maximum absolute atomic E-state index is 11.8. The number of halogens is 1. The number of carbonyl (C=O) groups is 1. The van der Waals surface area contributed by atoms with Crippen molar-refractivity contribution in [3.05, 3.63) is 39.9 Å². The van der Waals surface area contributed by atoms with Gasteiger partial charge in [0.05, 0.1) is 10.5 Å². The monoisotopic (exact) mass is 285 g/mol. The first-order valence-corrected chi connectivity index (χ1v) is 5.82. The van der Waals surface area contributed by atoms with E-state index in [9.17, 15) is 14.9 Å². The summed E-state index contributed by atoms with van der Waals surface area (Å²) in [6, 6.07) is 6.35. The van der Waals surface area contributed by atoms with Crippen LogP contribution in [0.15, 0.2) is 24.3 Å². The van der Waals surface area contributed by atoms with Crippen molar-refractivity contribution in [2.45, 2.75) is 31.3 Å². The summed E-state index contributed by atoms with van der Waals surface area (Å²) < 4.78 is 0. The van der Waals surface area contributed by atoms with Gasteiger partial charge in [-0.2, -0.15) is 0 Å². The fourth-order valence-corrected chi connectivity index (χ4v) is 1.97. The molecule has 0 atom stereocenters. The molecule has 2 rings (SSSR count). The second-order valence-electron chi connectivity index (χ2n) is 4.58. The summed E-state index contributed by atoms with van der Waals surface area (Å²) in [6.45, 7) is 0.134. The highest BCUT2D eigenvalue weighted by atomic mass is 35.5. The number of nitrogens with one attached hydrogen (secondary N) is 1. The second-order valence-corrected chi connectivity index (χ2v) is 4.58. The summed E-state index contributed by atoms with van der Waals surface area (Å²) >= 11 is 0. The van der Waals surface area contributed by atoms with E-state index in [2.05, 4.69) is 5.32 Å². The van der Waals surface area contributed by atoms with E-state index in [0.717, 1.165) is 6.42 Å². The molecule has 0 heterocycles. The Labute approximate surface area is 116 Å². The van der Waals surface area contributed by atoms with Gasteiger partial charge in [-0.1, -0.05) is 18.2 Å². The number of hydrogen-bond donors (Lipinski definition) is 2. The van der Waals surface area contributed by atoms with Crippen LogP contribution in [0.5, 0.6) is 0 Å². The van der Waals surface area contributed by atoms with E-state index in [0.29, 0.717) is 18.4 Å². The normalized spacial score (nSPS) is 15.8. The van der Waals surface area contributed by atoms with Gasteiger partial charge in [0.1, 0.15) is 0 Å². The molecule has 0 spiro atoms.